The molecule has 4 nitrogen and oxygen atoms in total. The summed E-state index contributed by atoms with van der Waals surface area (Å²) in [7, 11) is 0. The lowest BCUT2D eigenvalue weighted by atomic mass is 10.7. The third kappa shape index (κ3) is 0.561. The standard InChI is InChI=1S/C5H3N4/c1-2-7-9-4-3-6-8-5(1)9/h1,3-4H. The molecule has 0 aliphatic heterocycles. The Labute approximate surface area is 51.1 Å². The molecule has 1 radical (unpaired) electrons. The first-order chi connectivity index (χ1) is 4.47. The van der Waals surface area contributed by atoms with Crippen LogP contribution in [-0.4, -0.2) is 19.8 Å². The highest BCUT2D eigenvalue weighted by molar-refractivity contribution is 5.31. The first-order valence-corrected chi connectivity index (χ1v) is 2.50. The molecule has 0 aliphatic carbocycles. The Morgan fingerprint density at radius 3 is 3.44 bits per heavy atom. The zero-order valence-electron chi connectivity index (χ0n) is 4.52. The smallest absolute Gasteiger partial charge is 0.177 e. The molecule has 0 aromatic carbocycles. The Hall–Kier alpha value is -1.45. The van der Waals surface area contributed by atoms with E-state index in [0.717, 1.165) is 5.65 Å². The summed E-state index contributed by atoms with van der Waals surface area (Å²) in [5.74, 6) is 0. The molecule has 4 heteroatoms. The molecule has 9 heavy (non-hydrogen) atoms. The molecular formula is C5H3N4. The highest BCUT2D eigenvalue weighted by atomic mass is 15.3. The zero-order valence-corrected chi connectivity index (χ0v) is 4.52. The van der Waals surface area contributed by atoms with Crippen LogP contribution in [0, 0.1) is 6.20 Å². The lowest BCUT2D eigenvalue weighted by Crippen LogP contribution is -1.89. The molecular weight excluding hydrogens is 116 g/mol. The fourth-order valence-corrected chi connectivity index (χ4v) is 0.636. The minimum Gasteiger partial charge on any atom is -0.219 e. The monoisotopic (exact) mass is 119 g/mol. The predicted molar refractivity (Wildman–Crippen MR) is 29.6 cm³/mol. The number of aromatic nitrogens is 4. The average molecular weight is 119 g/mol. The summed E-state index contributed by atoms with van der Waals surface area (Å²) < 4.78 is 1.60. The van der Waals surface area contributed by atoms with Crippen molar-refractivity contribution in [2.45, 2.75) is 0 Å². The Morgan fingerprint density at radius 1 is 1.56 bits per heavy atom. The molecule has 0 atom stereocenters. The van der Waals surface area contributed by atoms with Crippen molar-refractivity contribution in [2.24, 2.45) is 0 Å². The topological polar surface area (TPSA) is 43.1 Å². The molecule has 0 N–H and O–H groups in total. The van der Waals surface area contributed by atoms with E-state index in [4.69, 9.17) is 0 Å². The molecule has 2 heterocycles. The second-order valence-electron chi connectivity index (χ2n) is 1.59. The Kier molecular flexibility index (Phi) is 0.745. The molecule has 2 aromatic heterocycles. The van der Waals surface area contributed by atoms with E-state index in [-0.39, 0.29) is 0 Å². The van der Waals surface area contributed by atoms with Gasteiger partial charge in [-0.1, -0.05) is 0 Å². The highest BCUT2D eigenvalue weighted by Gasteiger charge is 1.89. The van der Waals surface area contributed by atoms with Gasteiger partial charge in [-0.15, -0.1) is 5.10 Å². The summed E-state index contributed by atoms with van der Waals surface area (Å²) in [5.41, 5.74) is 0.720. The van der Waals surface area contributed by atoms with Gasteiger partial charge in [0.2, 0.25) is 0 Å². The quantitative estimate of drug-likeness (QED) is 0.487. The SMILES string of the molecule is [c]1cc2nnccn2n1. The summed E-state index contributed by atoms with van der Waals surface area (Å²) in [5, 5.41) is 11.2. The molecule has 2 aromatic rings. The summed E-state index contributed by atoms with van der Waals surface area (Å²) in [6.45, 7) is 0. The second-order valence-corrected chi connectivity index (χ2v) is 1.59. The van der Waals surface area contributed by atoms with Gasteiger partial charge in [-0.2, -0.15) is 10.2 Å². The van der Waals surface area contributed by atoms with Crippen LogP contribution >= 0.6 is 0 Å². The first-order valence-electron chi connectivity index (χ1n) is 2.50. The van der Waals surface area contributed by atoms with Crippen molar-refractivity contribution in [1.29, 1.82) is 0 Å². The summed E-state index contributed by atoms with van der Waals surface area (Å²) >= 11 is 0. The number of rotatable bonds is 0. The fourth-order valence-electron chi connectivity index (χ4n) is 0.636. The zero-order chi connectivity index (χ0) is 6.10. The van der Waals surface area contributed by atoms with Crippen molar-refractivity contribution in [3.8, 4) is 0 Å². The maximum atomic E-state index is 3.81. The Morgan fingerprint density at radius 2 is 2.56 bits per heavy atom. The van der Waals surface area contributed by atoms with Gasteiger partial charge in [0.15, 0.2) is 5.65 Å². The van der Waals surface area contributed by atoms with Gasteiger partial charge in [0, 0.05) is 6.07 Å². The molecule has 0 spiro atoms. The van der Waals surface area contributed by atoms with E-state index >= 15 is 0 Å². The van der Waals surface area contributed by atoms with Gasteiger partial charge in [0.25, 0.3) is 0 Å². The number of fused-ring (bicyclic) bond motifs is 1. The van der Waals surface area contributed by atoms with Gasteiger partial charge < -0.3 is 0 Å². The third-order valence-electron chi connectivity index (χ3n) is 1.03. The van der Waals surface area contributed by atoms with E-state index in [9.17, 15) is 0 Å². The fraction of sp³-hybridized carbons (Fsp3) is 0. The Bertz CT molecular complexity index is 283. The highest BCUT2D eigenvalue weighted by Crippen LogP contribution is 1.90. The second kappa shape index (κ2) is 1.51. The van der Waals surface area contributed by atoms with Gasteiger partial charge >= 0.3 is 0 Å². The van der Waals surface area contributed by atoms with Crippen molar-refractivity contribution in [2.75, 3.05) is 0 Å². The lowest BCUT2D eigenvalue weighted by Gasteiger charge is -1.84. The van der Waals surface area contributed by atoms with Gasteiger partial charge in [-0.25, -0.2) is 4.52 Å². The summed E-state index contributed by atoms with van der Waals surface area (Å²) in [4.78, 5) is 0. The molecule has 0 saturated carbocycles. The molecule has 0 saturated heterocycles. The van der Waals surface area contributed by atoms with Gasteiger partial charge in [0.05, 0.1) is 12.4 Å². The Balaban J connectivity index is 2.95. The molecule has 2 rings (SSSR count). The van der Waals surface area contributed by atoms with E-state index in [1.807, 2.05) is 0 Å². The van der Waals surface area contributed by atoms with Crippen LogP contribution in [0.25, 0.3) is 5.65 Å². The average Bonchev–Trinajstić information content (AvgIpc) is 2.33. The van der Waals surface area contributed by atoms with Crippen molar-refractivity contribution in [3.63, 3.8) is 0 Å². The molecule has 0 aliphatic rings. The summed E-state index contributed by atoms with van der Waals surface area (Å²) in [6, 6.07) is 1.67. The van der Waals surface area contributed by atoms with Crippen molar-refractivity contribution in [1.82, 2.24) is 19.8 Å². The molecule has 0 unspecified atom stereocenters. The third-order valence-corrected chi connectivity index (χ3v) is 1.03. The van der Waals surface area contributed by atoms with Crippen molar-refractivity contribution < 1.29 is 0 Å². The van der Waals surface area contributed by atoms with Gasteiger partial charge in [0.1, 0.15) is 6.20 Å². The van der Waals surface area contributed by atoms with Crippen LogP contribution in [0.2, 0.25) is 0 Å². The summed E-state index contributed by atoms with van der Waals surface area (Å²) in [6.07, 6.45) is 5.95. The van der Waals surface area contributed by atoms with Crippen LogP contribution < -0.4 is 0 Å². The minimum atomic E-state index is 0.720. The maximum Gasteiger partial charge on any atom is 0.177 e. The number of nitrogens with zero attached hydrogens (tertiary/aromatic N) is 4. The predicted octanol–water partition coefficient (Wildman–Crippen LogP) is -0.0755. The van der Waals surface area contributed by atoms with Gasteiger partial charge in [-0.05, 0) is 0 Å². The molecule has 43 valence electrons. The van der Waals surface area contributed by atoms with E-state index < -0.39 is 0 Å². The lowest BCUT2D eigenvalue weighted by molar-refractivity contribution is 0.887. The van der Waals surface area contributed by atoms with Crippen LogP contribution in [0.3, 0.4) is 0 Å². The van der Waals surface area contributed by atoms with Crippen LogP contribution in [-0.2, 0) is 0 Å². The number of hydrogen-bond acceptors (Lipinski definition) is 3. The van der Waals surface area contributed by atoms with Crippen LogP contribution in [0.5, 0.6) is 0 Å². The van der Waals surface area contributed by atoms with Gasteiger partial charge in [-0.3, -0.25) is 0 Å². The minimum absolute atomic E-state index is 0.720. The van der Waals surface area contributed by atoms with E-state index in [1.165, 1.54) is 0 Å². The maximum absolute atomic E-state index is 3.81. The number of hydrogen-bond donors (Lipinski definition) is 0. The molecule has 0 amide bonds. The van der Waals surface area contributed by atoms with Crippen LogP contribution in [0.15, 0.2) is 18.5 Å². The van der Waals surface area contributed by atoms with Crippen LogP contribution in [0.4, 0.5) is 0 Å². The van der Waals surface area contributed by atoms with E-state index in [0.29, 0.717) is 0 Å². The van der Waals surface area contributed by atoms with E-state index in [1.54, 1.807) is 23.0 Å². The largest absolute Gasteiger partial charge is 0.219 e. The molecule has 0 bridgehead atoms. The van der Waals surface area contributed by atoms with E-state index in [2.05, 4.69) is 21.5 Å². The first kappa shape index (κ1) is 4.43. The van der Waals surface area contributed by atoms with Crippen molar-refractivity contribution in [3.05, 3.63) is 24.7 Å². The molecule has 0 fully saturated rings. The normalized spacial score (nSPS) is 10.2. The van der Waals surface area contributed by atoms with Crippen LogP contribution in [0.1, 0.15) is 0 Å². The van der Waals surface area contributed by atoms with Crippen molar-refractivity contribution >= 4 is 5.65 Å².